The number of rotatable bonds is 8. The molecule has 3 N–H and O–H groups in total. The molecule has 2 atom stereocenters. The van der Waals surface area contributed by atoms with Crippen LogP contribution in [0.5, 0.6) is 11.5 Å². The van der Waals surface area contributed by atoms with Crippen molar-refractivity contribution in [1.29, 1.82) is 0 Å². The van der Waals surface area contributed by atoms with Crippen molar-refractivity contribution in [2.45, 2.75) is 65.1 Å². The molecule has 4 rings (SSSR count). The maximum absolute atomic E-state index is 13.5. The number of phenols is 2. The standard InChI is InChI=1S/C28H34N2O4/c1-18(2)8-5-9-19(3)10-7-15-28(4)25(34-28)17-30-23-16-20(31)13-14-22(23)29-26-21(27(30)33)11-6-12-24(26)32/h6,8,10-14,16,25,29,31-32H,5,7,9,15,17H2,1-4H3/b19-10+. The number of anilines is 3. The van der Waals surface area contributed by atoms with E-state index in [1.807, 2.05) is 0 Å². The Hall–Kier alpha value is -3.25. The fourth-order valence-electron chi connectivity index (χ4n) is 4.47. The van der Waals surface area contributed by atoms with E-state index in [0.717, 1.165) is 25.7 Å². The topological polar surface area (TPSA) is 85.3 Å². The number of carbonyl (C=O) groups is 1. The summed E-state index contributed by atoms with van der Waals surface area (Å²) in [5, 5.41) is 23.6. The van der Waals surface area contributed by atoms with Crippen LogP contribution in [0.3, 0.4) is 0 Å². The van der Waals surface area contributed by atoms with Crippen molar-refractivity contribution >= 4 is 23.0 Å². The second-order valence-electron chi connectivity index (χ2n) is 9.77. The highest BCUT2D eigenvalue weighted by atomic mass is 16.6. The summed E-state index contributed by atoms with van der Waals surface area (Å²) >= 11 is 0. The molecule has 2 unspecified atom stereocenters. The number of ether oxygens (including phenoxy) is 1. The SMILES string of the molecule is CC(C)=CCC/C(C)=C/CCC1(C)OC1CN1C(=O)c2cccc(O)c2Nc2ccc(O)cc21. The van der Waals surface area contributed by atoms with Crippen LogP contribution in [0.15, 0.2) is 59.7 Å². The summed E-state index contributed by atoms with van der Waals surface area (Å²) in [6.45, 7) is 8.87. The number of epoxide rings is 1. The molecule has 0 saturated carbocycles. The van der Waals surface area contributed by atoms with Gasteiger partial charge in [-0.05, 0) is 77.6 Å². The Balaban J connectivity index is 1.48. The number of para-hydroxylation sites is 1. The second-order valence-corrected chi connectivity index (χ2v) is 9.77. The van der Waals surface area contributed by atoms with Gasteiger partial charge in [0, 0.05) is 6.07 Å². The van der Waals surface area contributed by atoms with Gasteiger partial charge in [-0.3, -0.25) is 4.79 Å². The monoisotopic (exact) mass is 462 g/mol. The molecular formula is C28H34N2O4. The molecule has 0 aromatic heterocycles. The number of nitrogens with one attached hydrogen (secondary N) is 1. The summed E-state index contributed by atoms with van der Waals surface area (Å²) in [5.74, 6) is -0.164. The molecule has 2 aliphatic heterocycles. The third-order valence-electron chi connectivity index (χ3n) is 6.66. The van der Waals surface area contributed by atoms with E-state index in [0.29, 0.717) is 29.2 Å². The first-order valence-corrected chi connectivity index (χ1v) is 11.9. The lowest BCUT2D eigenvalue weighted by Gasteiger charge is -2.22. The van der Waals surface area contributed by atoms with Gasteiger partial charge in [0.1, 0.15) is 17.6 Å². The van der Waals surface area contributed by atoms with Gasteiger partial charge in [-0.15, -0.1) is 0 Å². The Morgan fingerprint density at radius 2 is 1.94 bits per heavy atom. The van der Waals surface area contributed by atoms with E-state index in [9.17, 15) is 15.0 Å². The molecule has 1 saturated heterocycles. The van der Waals surface area contributed by atoms with E-state index < -0.39 is 0 Å². The molecule has 180 valence electrons. The molecular weight excluding hydrogens is 428 g/mol. The van der Waals surface area contributed by atoms with Crippen molar-refractivity contribution in [2.24, 2.45) is 0 Å². The van der Waals surface area contributed by atoms with Crippen LogP contribution < -0.4 is 10.2 Å². The zero-order valence-corrected chi connectivity index (χ0v) is 20.4. The van der Waals surface area contributed by atoms with Crippen LogP contribution in [0.1, 0.15) is 63.7 Å². The van der Waals surface area contributed by atoms with Crippen LogP contribution in [-0.4, -0.2) is 34.4 Å². The summed E-state index contributed by atoms with van der Waals surface area (Å²) < 4.78 is 6.08. The highest BCUT2D eigenvalue weighted by Gasteiger charge is 2.53. The van der Waals surface area contributed by atoms with Gasteiger partial charge in [0.25, 0.3) is 5.91 Å². The van der Waals surface area contributed by atoms with Crippen LogP contribution in [0.4, 0.5) is 17.1 Å². The minimum Gasteiger partial charge on any atom is -0.508 e. The van der Waals surface area contributed by atoms with E-state index >= 15 is 0 Å². The molecule has 2 aromatic rings. The molecule has 34 heavy (non-hydrogen) atoms. The number of hydrogen-bond donors (Lipinski definition) is 3. The number of amides is 1. The highest BCUT2D eigenvalue weighted by molar-refractivity contribution is 6.14. The molecule has 1 fully saturated rings. The zero-order valence-electron chi connectivity index (χ0n) is 20.4. The number of nitrogens with zero attached hydrogens (tertiary/aromatic N) is 1. The van der Waals surface area contributed by atoms with Crippen molar-refractivity contribution in [3.8, 4) is 11.5 Å². The molecule has 1 amide bonds. The first kappa shape index (κ1) is 23.9. The van der Waals surface area contributed by atoms with Gasteiger partial charge in [-0.1, -0.05) is 29.4 Å². The Morgan fingerprint density at radius 3 is 2.71 bits per heavy atom. The first-order chi connectivity index (χ1) is 16.2. The molecule has 0 radical (unpaired) electrons. The number of aromatic hydroxyl groups is 2. The van der Waals surface area contributed by atoms with Gasteiger partial charge in [0.05, 0.1) is 34.8 Å². The Labute approximate surface area is 201 Å². The van der Waals surface area contributed by atoms with Crippen LogP contribution in [0, 0.1) is 0 Å². The van der Waals surface area contributed by atoms with Gasteiger partial charge < -0.3 is 25.2 Å². The third kappa shape index (κ3) is 5.12. The predicted octanol–water partition coefficient (Wildman–Crippen LogP) is 6.43. The lowest BCUT2D eigenvalue weighted by Crippen LogP contribution is -2.35. The number of carbonyl (C=O) groups excluding carboxylic acids is 1. The van der Waals surface area contributed by atoms with Crippen LogP contribution in [0.25, 0.3) is 0 Å². The Bertz CT molecular complexity index is 1150. The van der Waals surface area contributed by atoms with E-state index in [2.05, 4.69) is 45.2 Å². The fraction of sp³-hybridized carbons (Fsp3) is 0.393. The summed E-state index contributed by atoms with van der Waals surface area (Å²) in [4.78, 5) is 15.2. The number of hydrogen-bond acceptors (Lipinski definition) is 5. The highest BCUT2D eigenvalue weighted by Crippen LogP contribution is 2.45. The number of fused-ring (bicyclic) bond motifs is 2. The van der Waals surface area contributed by atoms with E-state index in [1.54, 1.807) is 41.3 Å². The van der Waals surface area contributed by atoms with E-state index in [4.69, 9.17) is 4.74 Å². The summed E-state index contributed by atoms with van der Waals surface area (Å²) in [5.41, 5.74) is 4.39. The number of benzene rings is 2. The summed E-state index contributed by atoms with van der Waals surface area (Å²) in [7, 11) is 0. The molecule has 0 aliphatic carbocycles. The van der Waals surface area contributed by atoms with Crippen LogP contribution in [-0.2, 0) is 4.74 Å². The van der Waals surface area contributed by atoms with Crippen molar-refractivity contribution in [3.05, 3.63) is 65.3 Å². The average molecular weight is 463 g/mol. The maximum Gasteiger partial charge on any atom is 0.260 e. The quantitative estimate of drug-likeness (QED) is 0.182. The molecule has 2 aliphatic rings. The van der Waals surface area contributed by atoms with Gasteiger partial charge in [0.2, 0.25) is 0 Å². The van der Waals surface area contributed by atoms with Gasteiger partial charge >= 0.3 is 0 Å². The van der Waals surface area contributed by atoms with E-state index in [-0.39, 0.29) is 29.1 Å². The van der Waals surface area contributed by atoms with Gasteiger partial charge in [-0.25, -0.2) is 0 Å². The van der Waals surface area contributed by atoms with Crippen molar-refractivity contribution in [1.82, 2.24) is 0 Å². The number of phenolic OH excluding ortho intramolecular Hbond substituents is 2. The molecule has 6 heteroatoms. The largest absolute Gasteiger partial charge is 0.508 e. The minimum absolute atomic E-state index is 0.00554. The normalized spacial score (nSPS) is 21.3. The van der Waals surface area contributed by atoms with Crippen molar-refractivity contribution in [3.63, 3.8) is 0 Å². The Kier molecular flexibility index (Phi) is 6.71. The van der Waals surface area contributed by atoms with E-state index in [1.165, 1.54) is 11.1 Å². The lowest BCUT2D eigenvalue weighted by molar-refractivity contribution is 0.0986. The maximum atomic E-state index is 13.5. The third-order valence-corrected chi connectivity index (χ3v) is 6.66. The molecule has 2 aromatic carbocycles. The summed E-state index contributed by atoms with van der Waals surface area (Å²) in [6, 6.07) is 9.74. The van der Waals surface area contributed by atoms with Gasteiger partial charge in [-0.2, -0.15) is 0 Å². The molecule has 0 spiro atoms. The van der Waals surface area contributed by atoms with Crippen LogP contribution in [0.2, 0.25) is 0 Å². The van der Waals surface area contributed by atoms with Crippen molar-refractivity contribution < 1.29 is 19.7 Å². The first-order valence-electron chi connectivity index (χ1n) is 11.9. The Morgan fingerprint density at radius 1 is 1.15 bits per heavy atom. The lowest BCUT2D eigenvalue weighted by atomic mass is 9.99. The van der Waals surface area contributed by atoms with Crippen molar-refractivity contribution in [2.75, 3.05) is 16.8 Å². The molecule has 6 nitrogen and oxygen atoms in total. The van der Waals surface area contributed by atoms with Crippen LogP contribution >= 0.6 is 0 Å². The average Bonchev–Trinajstić information content (AvgIpc) is 3.44. The molecule has 2 heterocycles. The summed E-state index contributed by atoms with van der Waals surface area (Å²) in [6.07, 6.45) is 8.38. The smallest absolute Gasteiger partial charge is 0.260 e. The number of allylic oxidation sites excluding steroid dienone is 4. The van der Waals surface area contributed by atoms with Gasteiger partial charge in [0.15, 0.2) is 0 Å². The fourth-order valence-corrected chi connectivity index (χ4v) is 4.47. The second kappa shape index (κ2) is 9.55. The molecule has 0 bridgehead atoms. The zero-order chi connectivity index (χ0) is 24.5. The minimum atomic E-state index is -0.296. The predicted molar refractivity (Wildman–Crippen MR) is 136 cm³/mol.